The van der Waals surface area contributed by atoms with Gasteiger partial charge in [0, 0.05) is 5.33 Å². The van der Waals surface area contributed by atoms with Crippen molar-refractivity contribution in [2.24, 2.45) is 0 Å². The van der Waals surface area contributed by atoms with Gasteiger partial charge in [-0.05, 0) is 48.1 Å². The van der Waals surface area contributed by atoms with E-state index in [4.69, 9.17) is 0 Å². The summed E-state index contributed by atoms with van der Waals surface area (Å²) >= 11 is 3.58. The highest BCUT2D eigenvalue weighted by molar-refractivity contribution is 9.09. The lowest BCUT2D eigenvalue weighted by atomic mass is 9.91. The summed E-state index contributed by atoms with van der Waals surface area (Å²) in [6.45, 7) is 2.13. The molecule has 1 atom stereocenters. The lowest BCUT2D eigenvalue weighted by Crippen LogP contribution is -2.06. The Labute approximate surface area is 116 Å². The van der Waals surface area contributed by atoms with Crippen LogP contribution in [0.5, 0.6) is 0 Å². The van der Waals surface area contributed by atoms with E-state index in [1.54, 1.807) is 0 Å². The fourth-order valence-electron chi connectivity index (χ4n) is 2.20. The summed E-state index contributed by atoms with van der Waals surface area (Å²) < 4.78 is 12.9. The maximum atomic E-state index is 12.9. The third kappa shape index (κ3) is 3.20. The molecule has 2 heteroatoms. The SMILES string of the molecule is Cc1ccccc1C(CBr)Cc1ccc(F)cc1. The Balaban J connectivity index is 2.20. The Bertz CT molecular complexity index is 505. The van der Waals surface area contributed by atoms with Gasteiger partial charge in [0.25, 0.3) is 0 Å². The van der Waals surface area contributed by atoms with Crippen LogP contribution < -0.4 is 0 Å². The molecule has 0 N–H and O–H groups in total. The molecule has 0 aliphatic carbocycles. The van der Waals surface area contributed by atoms with Crippen molar-refractivity contribution in [3.05, 3.63) is 71.0 Å². The summed E-state index contributed by atoms with van der Waals surface area (Å²) in [5.41, 5.74) is 3.84. The molecule has 0 aliphatic rings. The van der Waals surface area contributed by atoms with E-state index in [0.717, 1.165) is 11.8 Å². The first-order valence-corrected chi connectivity index (χ1v) is 7.19. The molecule has 2 aromatic rings. The summed E-state index contributed by atoms with van der Waals surface area (Å²) in [7, 11) is 0. The second-order valence-electron chi connectivity index (χ2n) is 4.54. The second kappa shape index (κ2) is 6.14. The highest BCUT2D eigenvalue weighted by Crippen LogP contribution is 2.25. The Morgan fingerprint density at radius 2 is 1.72 bits per heavy atom. The van der Waals surface area contributed by atoms with Gasteiger partial charge in [-0.3, -0.25) is 0 Å². The van der Waals surface area contributed by atoms with Crippen LogP contribution in [0.4, 0.5) is 4.39 Å². The minimum Gasteiger partial charge on any atom is -0.207 e. The molecule has 2 rings (SSSR count). The fourth-order valence-corrected chi connectivity index (χ4v) is 2.78. The zero-order valence-corrected chi connectivity index (χ0v) is 12.0. The van der Waals surface area contributed by atoms with Crippen LogP contribution in [0.1, 0.15) is 22.6 Å². The molecule has 0 radical (unpaired) electrons. The Kier molecular flexibility index (Phi) is 4.54. The maximum absolute atomic E-state index is 12.9. The average molecular weight is 307 g/mol. The molecule has 0 aromatic heterocycles. The third-order valence-corrected chi connectivity index (χ3v) is 3.99. The number of hydrogen-bond acceptors (Lipinski definition) is 0. The highest BCUT2D eigenvalue weighted by Gasteiger charge is 2.13. The predicted octanol–water partition coefficient (Wildman–Crippen LogP) is 4.86. The van der Waals surface area contributed by atoms with Gasteiger partial charge in [0.2, 0.25) is 0 Å². The van der Waals surface area contributed by atoms with Gasteiger partial charge < -0.3 is 0 Å². The van der Waals surface area contributed by atoms with Crippen molar-refractivity contribution in [1.82, 2.24) is 0 Å². The average Bonchev–Trinajstić information content (AvgIpc) is 2.39. The van der Waals surface area contributed by atoms with E-state index in [-0.39, 0.29) is 5.82 Å². The van der Waals surface area contributed by atoms with Gasteiger partial charge in [-0.1, -0.05) is 52.3 Å². The quantitative estimate of drug-likeness (QED) is 0.708. The monoisotopic (exact) mass is 306 g/mol. The van der Waals surface area contributed by atoms with Gasteiger partial charge in [-0.25, -0.2) is 4.39 Å². The first-order chi connectivity index (χ1) is 8.70. The van der Waals surface area contributed by atoms with Gasteiger partial charge in [-0.15, -0.1) is 0 Å². The molecule has 2 aromatic carbocycles. The summed E-state index contributed by atoms with van der Waals surface area (Å²) in [5.74, 6) is 0.252. The van der Waals surface area contributed by atoms with E-state index < -0.39 is 0 Å². The number of halogens is 2. The van der Waals surface area contributed by atoms with Gasteiger partial charge in [0.15, 0.2) is 0 Å². The molecule has 0 bridgehead atoms. The molecule has 0 spiro atoms. The lowest BCUT2D eigenvalue weighted by molar-refractivity contribution is 0.626. The Hall–Kier alpha value is -1.15. The molecule has 0 aliphatic heterocycles. The van der Waals surface area contributed by atoms with Gasteiger partial charge in [0.1, 0.15) is 5.82 Å². The van der Waals surface area contributed by atoms with E-state index in [1.807, 2.05) is 12.1 Å². The number of hydrogen-bond donors (Lipinski definition) is 0. The van der Waals surface area contributed by atoms with Gasteiger partial charge >= 0.3 is 0 Å². The fraction of sp³-hybridized carbons (Fsp3) is 0.250. The zero-order valence-electron chi connectivity index (χ0n) is 10.4. The molecule has 94 valence electrons. The van der Waals surface area contributed by atoms with Crippen LogP contribution in [0.2, 0.25) is 0 Å². The van der Waals surface area contributed by atoms with Crippen molar-refractivity contribution in [2.75, 3.05) is 5.33 Å². The van der Waals surface area contributed by atoms with E-state index in [1.165, 1.54) is 28.8 Å². The molecule has 0 saturated heterocycles. The van der Waals surface area contributed by atoms with Crippen molar-refractivity contribution in [3.63, 3.8) is 0 Å². The minimum absolute atomic E-state index is 0.176. The Morgan fingerprint density at radius 3 is 2.33 bits per heavy atom. The number of benzene rings is 2. The Morgan fingerprint density at radius 1 is 1.06 bits per heavy atom. The van der Waals surface area contributed by atoms with E-state index in [0.29, 0.717) is 5.92 Å². The van der Waals surface area contributed by atoms with Crippen LogP contribution in [0.25, 0.3) is 0 Å². The van der Waals surface area contributed by atoms with E-state index in [9.17, 15) is 4.39 Å². The van der Waals surface area contributed by atoms with E-state index in [2.05, 4.69) is 47.1 Å². The second-order valence-corrected chi connectivity index (χ2v) is 5.19. The molecule has 0 saturated carbocycles. The molecule has 18 heavy (non-hydrogen) atoms. The van der Waals surface area contributed by atoms with Crippen LogP contribution >= 0.6 is 15.9 Å². The van der Waals surface area contributed by atoms with Gasteiger partial charge in [0.05, 0.1) is 0 Å². The smallest absolute Gasteiger partial charge is 0.123 e. The molecule has 0 nitrogen and oxygen atoms in total. The minimum atomic E-state index is -0.176. The number of rotatable bonds is 4. The number of alkyl halides is 1. The summed E-state index contributed by atoms with van der Waals surface area (Å²) in [6.07, 6.45) is 0.927. The van der Waals surface area contributed by atoms with Gasteiger partial charge in [-0.2, -0.15) is 0 Å². The van der Waals surface area contributed by atoms with Crippen molar-refractivity contribution in [1.29, 1.82) is 0 Å². The number of aryl methyl sites for hydroxylation is 1. The molecule has 0 fully saturated rings. The van der Waals surface area contributed by atoms with Crippen LogP contribution in [-0.4, -0.2) is 5.33 Å². The van der Waals surface area contributed by atoms with Crippen LogP contribution in [0.15, 0.2) is 48.5 Å². The molecular formula is C16H16BrF. The first kappa shape index (κ1) is 13.3. The predicted molar refractivity (Wildman–Crippen MR) is 77.8 cm³/mol. The van der Waals surface area contributed by atoms with Crippen LogP contribution in [0.3, 0.4) is 0 Å². The molecule has 0 amide bonds. The molecular weight excluding hydrogens is 291 g/mol. The summed E-state index contributed by atoms with van der Waals surface area (Å²) in [4.78, 5) is 0. The molecule has 1 unspecified atom stereocenters. The van der Waals surface area contributed by atoms with Crippen molar-refractivity contribution in [3.8, 4) is 0 Å². The summed E-state index contributed by atoms with van der Waals surface area (Å²) in [5, 5.41) is 0.912. The lowest BCUT2D eigenvalue weighted by Gasteiger charge is -2.17. The van der Waals surface area contributed by atoms with Crippen LogP contribution in [0, 0.1) is 12.7 Å². The zero-order chi connectivity index (χ0) is 13.0. The van der Waals surface area contributed by atoms with Crippen molar-refractivity contribution < 1.29 is 4.39 Å². The topological polar surface area (TPSA) is 0 Å². The maximum Gasteiger partial charge on any atom is 0.123 e. The largest absolute Gasteiger partial charge is 0.207 e. The normalized spacial score (nSPS) is 12.4. The third-order valence-electron chi connectivity index (χ3n) is 3.21. The first-order valence-electron chi connectivity index (χ1n) is 6.06. The van der Waals surface area contributed by atoms with Crippen molar-refractivity contribution >= 4 is 15.9 Å². The standard InChI is InChI=1S/C16H16BrF/c1-12-4-2-3-5-16(12)14(11-17)10-13-6-8-15(18)9-7-13/h2-9,14H,10-11H2,1H3. The molecule has 0 heterocycles. The van der Waals surface area contributed by atoms with Crippen molar-refractivity contribution in [2.45, 2.75) is 19.3 Å². The highest BCUT2D eigenvalue weighted by atomic mass is 79.9. The van der Waals surface area contributed by atoms with Crippen LogP contribution in [-0.2, 0) is 6.42 Å². The van der Waals surface area contributed by atoms with E-state index >= 15 is 0 Å². The summed E-state index contributed by atoms with van der Waals surface area (Å²) in [6, 6.07) is 15.2.